The molecule has 0 aliphatic carbocycles. The summed E-state index contributed by atoms with van der Waals surface area (Å²) in [6.07, 6.45) is 0. The summed E-state index contributed by atoms with van der Waals surface area (Å²) in [5.41, 5.74) is 15.4. The molecule has 0 saturated heterocycles. The molecule has 11 aromatic rings. The second-order valence-electron chi connectivity index (χ2n) is 15.3. The van der Waals surface area contributed by atoms with Crippen LogP contribution in [-0.2, 0) is 0 Å². The SMILES string of the molecule is c1ccc(-c2ccc(-c3ccc(N(c4ccc(-c5cccc6c5sc5ccccc56)cc4)c4ccccc4-c4cccc(-c5cccc6ccccc56)c4)cc3)cc2)cc1. The Labute approximate surface area is 354 Å². The summed E-state index contributed by atoms with van der Waals surface area (Å²) >= 11 is 1.88. The second-order valence-corrected chi connectivity index (χ2v) is 16.3. The minimum atomic E-state index is 1.09. The highest BCUT2D eigenvalue weighted by molar-refractivity contribution is 7.26. The van der Waals surface area contributed by atoms with Crippen LogP contribution in [0.2, 0.25) is 0 Å². The predicted octanol–water partition coefficient (Wildman–Crippen LogP) is 17.0. The van der Waals surface area contributed by atoms with Crippen molar-refractivity contribution in [2.24, 2.45) is 0 Å². The van der Waals surface area contributed by atoms with Gasteiger partial charge in [0, 0.05) is 37.1 Å². The van der Waals surface area contributed by atoms with Crippen LogP contribution < -0.4 is 4.90 Å². The molecule has 2 heteroatoms. The zero-order valence-electron chi connectivity index (χ0n) is 32.9. The van der Waals surface area contributed by atoms with Gasteiger partial charge in [-0.15, -0.1) is 11.3 Å². The first-order valence-corrected chi connectivity index (χ1v) is 21.3. The number of anilines is 3. The minimum Gasteiger partial charge on any atom is -0.310 e. The largest absolute Gasteiger partial charge is 0.310 e. The van der Waals surface area contributed by atoms with Crippen molar-refractivity contribution in [3.05, 3.63) is 237 Å². The molecular formula is C58H39NS. The highest BCUT2D eigenvalue weighted by atomic mass is 32.1. The van der Waals surface area contributed by atoms with Crippen molar-refractivity contribution >= 4 is 59.3 Å². The molecule has 0 aliphatic heterocycles. The number of hydrogen-bond donors (Lipinski definition) is 0. The maximum atomic E-state index is 2.41. The van der Waals surface area contributed by atoms with Crippen LogP contribution in [0.4, 0.5) is 17.1 Å². The number of benzene rings is 10. The molecule has 0 N–H and O–H groups in total. The van der Waals surface area contributed by atoms with Crippen molar-refractivity contribution in [2.75, 3.05) is 4.90 Å². The second kappa shape index (κ2) is 15.3. The molecule has 0 spiro atoms. The predicted molar refractivity (Wildman–Crippen MR) is 259 cm³/mol. The molecule has 282 valence electrons. The van der Waals surface area contributed by atoms with Crippen molar-refractivity contribution in [3.63, 3.8) is 0 Å². The summed E-state index contributed by atoms with van der Waals surface area (Å²) in [5, 5.41) is 5.13. The lowest BCUT2D eigenvalue weighted by Crippen LogP contribution is -2.11. The highest BCUT2D eigenvalue weighted by Gasteiger charge is 2.19. The van der Waals surface area contributed by atoms with Crippen molar-refractivity contribution in [1.29, 1.82) is 0 Å². The first-order valence-electron chi connectivity index (χ1n) is 20.5. The first-order chi connectivity index (χ1) is 29.7. The number of nitrogens with zero attached hydrogens (tertiary/aromatic N) is 1. The Morgan fingerprint density at radius 2 is 0.750 bits per heavy atom. The molecule has 0 aliphatic rings. The maximum Gasteiger partial charge on any atom is 0.0540 e. The van der Waals surface area contributed by atoms with Crippen LogP contribution in [0.25, 0.3) is 86.6 Å². The molecule has 0 fully saturated rings. The van der Waals surface area contributed by atoms with E-state index in [1.54, 1.807) is 0 Å². The molecule has 1 heterocycles. The molecule has 0 saturated carbocycles. The summed E-state index contributed by atoms with van der Waals surface area (Å²) in [6.45, 7) is 0. The van der Waals surface area contributed by atoms with E-state index in [0.29, 0.717) is 0 Å². The molecule has 0 amide bonds. The van der Waals surface area contributed by atoms with E-state index >= 15 is 0 Å². The van der Waals surface area contributed by atoms with Gasteiger partial charge in [-0.3, -0.25) is 0 Å². The van der Waals surface area contributed by atoms with Gasteiger partial charge < -0.3 is 4.90 Å². The van der Waals surface area contributed by atoms with Crippen LogP contribution in [-0.4, -0.2) is 0 Å². The molecule has 0 unspecified atom stereocenters. The Kier molecular flexibility index (Phi) is 9.11. The van der Waals surface area contributed by atoms with Gasteiger partial charge in [0.2, 0.25) is 0 Å². The van der Waals surface area contributed by atoms with Gasteiger partial charge in [-0.1, -0.05) is 194 Å². The summed E-state index contributed by atoms with van der Waals surface area (Å²) in [6, 6.07) is 86.1. The fraction of sp³-hybridized carbons (Fsp3) is 0. The van der Waals surface area contributed by atoms with Crippen molar-refractivity contribution in [1.82, 2.24) is 0 Å². The van der Waals surface area contributed by atoms with Crippen LogP contribution >= 0.6 is 11.3 Å². The minimum absolute atomic E-state index is 1.09. The molecule has 0 radical (unpaired) electrons. The highest BCUT2D eigenvalue weighted by Crippen LogP contribution is 2.44. The molecule has 0 bridgehead atoms. The van der Waals surface area contributed by atoms with Gasteiger partial charge in [-0.05, 0) is 103 Å². The monoisotopic (exact) mass is 781 g/mol. The first kappa shape index (κ1) is 35.6. The molecule has 11 rings (SSSR count). The Morgan fingerprint density at radius 3 is 1.50 bits per heavy atom. The van der Waals surface area contributed by atoms with E-state index < -0.39 is 0 Å². The normalized spacial score (nSPS) is 11.3. The third kappa shape index (κ3) is 6.54. The van der Waals surface area contributed by atoms with Gasteiger partial charge in [0.05, 0.1) is 5.69 Å². The van der Waals surface area contributed by atoms with Gasteiger partial charge in [0.25, 0.3) is 0 Å². The molecular weight excluding hydrogens is 743 g/mol. The van der Waals surface area contributed by atoms with Gasteiger partial charge >= 0.3 is 0 Å². The van der Waals surface area contributed by atoms with E-state index in [-0.39, 0.29) is 0 Å². The smallest absolute Gasteiger partial charge is 0.0540 e. The molecule has 60 heavy (non-hydrogen) atoms. The van der Waals surface area contributed by atoms with Gasteiger partial charge in [0.1, 0.15) is 0 Å². The Morgan fingerprint density at radius 1 is 0.283 bits per heavy atom. The third-order valence-corrected chi connectivity index (χ3v) is 12.9. The zero-order valence-corrected chi connectivity index (χ0v) is 33.7. The van der Waals surface area contributed by atoms with Crippen molar-refractivity contribution in [3.8, 4) is 55.6 Å². The molecule has 1 nitrogen and oxygen atoms in total. The standard InChI is InChI=1S/C58H39NS/c1-2-13-40(14-3-1)41-27-29-42(30-28-41)43-31-35-48(36-32-43)59(49-37-33-45(34-38-49)53-23-12-24-55-54-21-7-9-26-57(54)60-58(53)55)56-25-8-6-20-52(56)47-18-10-17-46(39-47)51-22-11-16-44-15-4-5-19-50(44)51/h1-39H. The van der Waals surface area contributed by atoms with E-state index in [1.165, 1.54) is 86.6 Å². The Balaban J connectivity index is 1.01. The van der Waals surface area contributed by atoms with E-state index in [0.717, 1.165) is 17.1 Å². The Bertz CT molecular complexity index is 3280. The van der Waals surface area contributed by atoms with E-state index in [4.69, 9.17) is 0 Å². The van der Waals surface area contributed by atoms with E-state index in [9.17, 15) is 0 Å². The third-order valence-electron chi connectivity index (χ3n) is 11.7. The lowest BCUT2D eigenvalue weighted by molar-refractivity contribution is 1.28. The molecule has 10 aromatic carbocycles. The van der Waals surface area contributed by atoms with E-state index in [1.807, 2.05) is 11.3 Å². The number of fused-ring (bicyclic) bond motifs is 4. The average Bonchev–Trinajstić information content (AvgIpc) is 3.72. The van der Waals surface area contributed by atoms with Gasteiger partial charge in [-0.2, -0.15) is 0 Å². The van der Waals surface area contributed by atoms with Crippen LogP contribution in [0.15, 0.2) is 237 Å². The van der Waals surface area contributed by atoms with E-state index in [2.05, 4.69) is 241 Å². The topological polar surface area (TPSA) is 3.24 Å². The van der Waals surface area contributed by atoms with Gasteiger partial charge in [0.15, 0.2) is 0 Å². The van der Waals surface area contributed by atoms with Crippen molar-refractivity contribution < 1.29 is 0 Å². The van der Waals surface area contributed by atoms with Gasteiger partial charge in [-0.25, -0.2) is 0 Å². The average molecular weight is 782 g/mol. The molecule has 0 atom stereocenters. The van der Waals surface area contributed by atoms with Crippen LogP contribution in [0.1, 0.15) is 0 Å². The lowest BCUT2D eigenvalue weighted by atomic mass is 9.94. The summed E-state index contributed by atoms with van der Waals surface area (Å²) in [4.78, 5) is 2.41. The van der Waals surface area contributed by atoms with Crippen molar-refractivity contribution in [2.45, 2.75) is 0 Å². The summed E-state index contributed by atoms with van der Waals surface area (Å²) in [7, 11) is 0. The lowest BCUT2D eigenvalue weighted by Gasteiger charge is -2.28. The van der Waals surface area contributed by atoms with Crippen LogP contribution in [0.3, 0.4) is 0 Å². The fourth-order valence-corrected chi connectivity index (χ4v) is 9.96. The zero-order chi connectivity index (χ0) is 39.8. The maximum absolute atomic E-state index is 2.41. The number of hydrogen-bond acceptors (Lipinski definition) is 2. The Hall–Kier alpha value is -7.52. The number of para-hydroxylation sites is 1. The fourth-order valence-electron chi connectivity index (χ4n) is 8.72. The summed E-state index contributed by atoms with van der Waals surface area (Å²) < 4.78 is 2.64. The number of thiophene rings is 1. The molecule has 1 aromatic heterocycles. The summed E-state index contributed by atoms with van der Waals surface area (Å²) in [5.74, 6) is 0. The van der Waals surface area contributed by atoms with Crippen LogP contribution in [0.5, 0.6) is 0 Å². The quantitative estimate of drug-likeness (QED) is 0.148. The number of rotatable bonds is 8. The van der Waals surface area contributed by atoms with Crippen LogP contribution in [0, 0.1) is 0 Å².